The van der Waals surface area contributed by atoms with Crippen molar-refractivity contribution in [2.45, 2.75) is 39.7 Å². The normalized spacial score (nSPS) is 21.5. The summed E-state index contributed by atoms with van der Waals surface area (Å²) in [5.74, 6) is -0.0787. The summed E-state index contributed by atoms with van der Waals surface area (Å²) in [6, 6.07) is -0.124. The zero-order valence-electron chi connectivity index (χ0n) is 10.8. The van der Waals surface area contributed by atoms with Crippen molar-refractivity contribution in [1.29, 1.82) is 0 Å². The number of ether oxygens (including phenoxy) is 1. The smallest absolute Gasteiger partial charge is 0.416 e. The van der Waals surface area contributed by atoms with Crippen LogP contribution < -0.4 is 0 Å². The Bertz CT molecular complexity index is 312. The molecule has 1 aliphatic heterocycles. The second-order valence-electron chi connectivity index (χ2n) is 4.86. The van der Waals surface area contributed by atoms with Gasteiger partial charge >= 0.3 is 6.09 Å². The highest BCUT2D eigenvalue weighted by molar-refractivity contribution is 5.94. The van der Waals surface area contributed by atoms with Gasteiger partial charge in [0.15, 0.2) is 0 Å². The van der Waals surface area contributed by atoms with Gasteiger partial charge in [-0.1, -0.05) is 26.8 Å². The lowest BCUT2D eigenvalue weighted by atomic mass is 10.00. The number of allylic oxidation sites excluding steroid dienone is 1. The minimum absolute atomic E-state index is 0.124. The van der Waals surface area contributed by atoms with Crippen LogP contribution in [0.5, 0.6) is 0 Å². The van der Waals surface area contributed by atoms with Crippen LogP contribution in [0.3, 0.4) is 0 Å². The number of amides is 2. The Morgan fingerprint density at radius 3 is 2.76 bits per heavy atom. The summed E-state index contributed by atoms with van der Waals surface area (Å²) >= 11 is 0. The lowest BCUT2D eigenvalue weighted by molar-refractivity contribution is -0.133. The van der Waals surface area contributed by atoms with Crippen LogP contribution in [-0.2, 0) is 9.53 Å². The van der Waals surface area contributed by atoms with E-state index in [9.17, 15) is 9.59 Å². The van der Waals surface area contributed by atoms with Crippen LogP contribution in [0.4, 0.5) is 4.79 Å². The van der Waals surface area contributed by atoms with Crippen molar-refractivity contribution in [2.75, 3.05) is 6.61 Å². The molecule has 96 valence electrons. The van der Waals surface area contributed by atoms with E-state index < -0.39 is 6.09 Å². The molecule has 0 aromatic rings. The molecule has 0 aliphatic carbocycles. The van der Waals surface area contributed by atoms with Gasteiger partial charge in [-0.3, -0.25) is 4.79 Å². The van der Waals surface area contributed by atoms with E-state index in [1.807, 2.05) is 20.8 Å². The summed E-state index contributed by atoms with van der Waals surface area (Å²) in [6.45, 7) is 9.76. The van der Waals surface area contributed by atoms with Crippen LogP contribution in [0, 0.1) is 11.8 Å². The van der Waals surface area contributed by atoms with E-state index in [0.29, 0.717) is 6.61 Å². The lowest BCUT2D eigenvalue weighted by Crippen LogP contribution is -2.44. The fourth-order valence-corrected chi connectivity index (χ4v) is 1.91. The molecule has 0 saturated carbocycles. The summed E-state index contributed by atoms with van der Waals surface area (Å²) in [6.07, 6.45) is 2.78. The van der Waals surface area contributed by atoms with Crippen LogP contribution in [0.1, 0.15) is 33.6 Å². The second kappa shape index (κ2) is 5.84. The molecule has 0 bridgehead atoms. The Kier molecular flexibility index (Phi) is 4.73. The van der Waals surface area contributed by atoms with Crippen molar-refractivity contribution in [3.05, 3.63) is 12.7 Å². The summed E-state index contributed by atoms with van der Waals surface area (Å²) < 4.78 is 4.96. The molecule has 0 aromatic heterocycles. The first-order valence-corrected chi connectivity index (χ1v) is 6.09. The second-order valence-corrected chi connectivity index (χ2v) is 4.86. The molecule has 2 unspecified atom stereocenters. The summed E-state index contributed by atoms with van der Waals surface area (Å²) in [7, 11) is 0. The first-order chi connectivity index (χ1) is 7.99. The lowest BCUT2D eigenvalue weighted by Gasteiger charge is -2.25. The van der Waals surface area contributed by atoms with E-state index in [1.165, 1.54) is 4.90 Å². The van der Waals surface area contributed by atoms with Gasteiger partial charge in [-0.25, -0.2) is 9.69 Å². The van der Waals surface area contributed by atoms with Crippen molar-refractivity contribution < 1.29 is 14.3 Å². The van der Waals surface area contributed by atoms with E-state index in [4.69, 9.17) is 4.74 Å². The molecule has 4 nitrogen and oxygen atoms in total. The molecular formula is C13H21NO3. The van der Waals surface area contributed by atoms with Gasteiger partial charge < -0.3 is 4.74 Å². The minimum atomic E-state index is -0.501. The first kappa shape index (κ1) is 13.7. The molecule has 1 fully saturated rings. The van der Waals surface area contributed by atoms with Crippen molar-refractivity contribution in [2.24, 2.45) is 11.8 Å². The number of carbonyl (C=O) groups excluding carboxylic acids is 2. The van der Waals surface area contributed by atoms with E-state index in [-0.39, 0.29) is 23.8 Å². The quantitative estimate of drug-likeness (QED) is 0.693. The van der Waals surface area contributed by atoms with Gasteiger partial charge in [0, 0.05) is 5.92 Å². The zero-order valence-corrected chi connectivity index (χ0v) is 10.8. The third-order valence-corrected chi connectivity index (χ3v) is 3.14. The molecule has 0 N–H and O–H groups in total. The molecule has 0 aromatic carbocycles. The molecule has 0 radical (unpaired) electrons. The Morgan fingerprint density at radius 2 is 2.24 bits per heavy atom. The molecule has 2 amide bonds. The molecule has 1 heterocycles. The maximum absolute atomic E-state index is 12.2. The van der Waals surface area contributed by atoms with E-state index >= 15 is 0 Å². The van der Waals surface area contributed by atoms with Crippen LogP contribution in [0.15, 0.2) is 12.7 Å². The van der Waals surface area contributed by atoms with Gasteiger partial charge in [0.2, 0.25) is 5.91 Å². The summed E-state index contributed by atoms with van der Waals surface area (Å²) in [5, 5.41) is 0. The van der Waals surface area contributed by atoms with Crippen LogP contribution in [0.25, 0.3) is 0 Å². The molecule has 17 heavy (non-hydrogen) atoms. The van der Waals surface area contributed by atoms with E-state index in [0.717, 1.165) is 12.8 Å². The molecule has 0 spiro atoms. The highest BCUT2D eigenvalue weighted by Crippen LogP contribution is 2.23. The fraction of sp³-hybridized carbons (Fsp3) is 0.692. The zero-order chi connectivity index (χ0) is 13.0. The number of imide groups is 1. The maximum Gasteiger partial charge on any atom is 0.416 e. The number of nitrogens with zero attached hydrogens (tertiary/aromatic N) is 1. The van der Waals surface area contributed by atoms with Gasteiger partial charge in [-0.2, -0.15) is 0 Å². The van der Waals surface area contributed by atoms with Gasteiger partial charge in [-0.05, 0) is 18.8 Å². The van der Waals surface area contributed by atoms with Crippen molar-refractivity contribution in [3.8, 4) is 0 Å². The predicted molar refractivity (Wildman–Crippen MR) is 65.4 cm³/mol. The van der Waals surface area contributed by atoms with Crippen molar-refractivity contribution in [1.82, 2.24) is 4.90 Å². The van der Waals surface area contributed by atoms with Crippen molar-refractivity contribution >= 4 is 12.0 Å². The number of rotatable bonds is 5. The van der Waals surface area contributed by atoms with Gasteiger partial charge in [-0.15, -0.1) is 6.58 Å². The van der Waals surface area contributed by atoms with E-state index in [2.05, 4.69) is 6.58 Å². The first-order valence-electron chi connectivity index (χ1n) is 6.09. The molecular weight excluding hydrogens is 218 g/mol. The predicted octanol–water partition coefficient (Wildman–Crippen LogP) is 2.59. The monoisotopic (exact) mass is 239 g/mol. The average molecular weight is 239 g/mol. The van der Waals surface area contributed by atoms with Gasteiger partial charge in [0.25, 0.3) is 0 Å². The fourth-order valence-electron chi connectivity index (χ4n) is 1.91. The van der Waals surface area contributed by atoms with Gasteiger partial charge in [0.1, 0.15) is 6.61 Å². The number of hydrogen-bond donors (Lipinski definition) is 0. The third kappa shape index (κ3) is 3.08. The summed E-state index contributed by atoms with van der Waals surface area (Å²) in [4.78, 5) is 25.0. The highest BCUT2D eigenvalue weighted by atomic mass is 16.6. The largest absolute Gasteiger partial charge is 0.447 e. The molecule has 4 heteroatoms. The number of hydrogen-bond acceptors (Lipinski definition) is 3. The number of cyclic esters (lactones) is 1. The van der Waals surface area contributed by atoms with Crippen LogP contribution >= 0.6 is 0 Å². The average Bonchev–Trinajstić information content (AvgIpc) is 2.67. The standard InChI is InChI=1S/C13H21NO3/c1-5-6-7-10(4)12(15)14-11(9(2)3)8-17-13(14)16/h5,9-11H,1,6-8H2,2-4H3. The topological polar surface area (TPSA) is 46.6 Å². The van der Waals surface area contributed by atoms with Crippen molar-refractivity contribution in [3.63, 3.8) is 0 Å². The van der Waals surface area contributed by atoms with Crippen LogP contribution in [0.2, 0.25) is 0 Å². The Morgan fingerprint density at radius 1 is 1.59 bits per heavy atom. The molecule has 1 saturated heterocycles. The Labute approximate surface area is 103 Å². The number of carbonyl (C=O) groups is 2. The van der Waals surface area contributed by atoms with Crippen LogP contribution in [-0.4, -0.2) is 29.5 Å². The third-order valence-electron chi connectivity index (χ3n) is 3.14. The summed E-state index contributed by atoms with van der Waals surface area (Å²) in [5.41, 5.74) is 0. The highest BCUT2D eigenvalue weighted by Gasteiger charge is 2.40. The Hall–Kier alpha value is -1.32. The molecule has 2 atom stereocenters. The van der Waals surface area contributed by atoms with Gasteiger partial charge in [0.05, 0.1) is 6.04 Å². The molecule has 1 rings (SSSR count). The molecule has 1 aliphatic rings. The SMILES string of the molecule is C=CCCC(C)C(=O)N1C(=O)OCC1C(C)C. The van der Waals surface area contributed by atoms with E-state index in [1.54, 1.807) is 6.08 Å². The maximum atomic E-state index is 12.2. The Balaban J connectivity index is 2.71. The minimum Gasteiger partial charge on any atom is -0.447 e.